The molecular formula is C11H9Cl3N4OS. The highest BCUT2D eigenvalue weighted by atomic mass is 35.5. The van der Waals surface area contributed by atoms with Crippen LogP contribution in [-0.4, -0.2) is 17.9 Å². The van der Waals surface area contributed by atoms with E-state index in [9.17, 15) is 4.79 Å². The van der Waals surface area contributed by atoms with Crippen LogP contribution in [0.1, 0.15) is 9.67 Å². The third-order valence-corrected chi connectivity index (χ3v) is 4.45. The Morgan fingerprint density at radius 2 is 1.90 bits per heavy atom. The van der Waals surface area contributed by atoms with Crippen molar-refractivity contribution in [2.24, 2.45) is 0 Å². The smallest absolute Gasteiger partial charge is 0.269 e. The summed E-state index contributed by atoms with van der Waals surface area (Å²) in [6.45, 7) is 0. The number of nitrogen functional groups attached to an aromatic ring is 1. The van der Waals surface area contributed by atoms with Gasteiger partial charge in [-0.25, -0.2) is 4.98 Å². The van der Waals surface area contributed by atoms with Crippen LogP contribution in [0.25, 0.3) is 0 Å². The molecule has 0 spiro atoms. The van der Waals surface area contributed by atoms with Gasteiger partial charge in [0.05, 0.1) is 20.8 Å². The van der Waals surface area contributed by atoms with Crippen LogP contribution < -0.4 is 16.4 Å². The molecular weight excluding hydrogens is 343 g/mol. The van der Waals surface area contributed by atoms with Crippen LogP contribution in [0, 0.1) is 0 Å². The number of carbonyl (C=O) groups excluding carboxylic acids is 1. The molecule has 5 nitrogen and oxygen atoms in total. The van der Waals surface area contributed by atoms with Crippen molar-refractivity contribution in [2.75, 3.05) is 23.4 Å². The van der Waals surface area contributed by atoms with E-state index in [0.29, 0.717) is 20.9 Å². The number of aromatic nitrogens is 1. The summed E-state index contributed by atoms with van der Waals surface area (Å²) in [7, 11) is 1.69. The fourth-order valence-electron chi connectivity index (χ4n) is 1.40. The third-order valence-electron chi connectivity index (χ3n) is 2.33. The Morgan fingerprint density at radius 1 is 1.25 bits per heavy atom. The standard InChI is InChI=1S/C11H9Cl3N4OS/c1-16-11-18-9(15)8(20-11)10(19)17-7-3-5(13)4(12)2-6(7)14/h2-3H,15H2,1H3,(H,16,18)(H,17,19). The number of nitrogens with zero attached hydrogens (tertiary/aromatic N) is 1. The van der Waals surface area contributed by atoms with Crippen molar-refractivity contribution in [1.29, 1.82) is 0 Å². The molecule has 0 radical (unpaired) electrons. The van der Waals surface area contributed by atoms with Crippen molar-refractivity contribution in [3.63, 3.8) is 0 Å². The molecule has 1 aromatic carbocycles. The summed E-state index contributed by atoms with van der Waals surface area (Å²) >= 11 is 18.8. The summed E-state index contributed by atoms with van der Waals surface area (Å²) in [5, 5.41) is 6.87. The molecule has 0 aliphatic heterocycles. The predicted octanol–water partition coefficient (Wildman–Crippen LogP) is 3.98. The van der Waals surface area contributed by atoms with Gasteiger partial charge in [0.25, 0.3) is 5.91 Å². The van der Waals surface area contributed by atoms with E-state index in [1.165, 1.54) is 12.1 Å². The Kier molecular flexibility index (Phi) is 4.59. The molecule has 0 bridgehead atoms. The van der Waals surface area contributed by atoms with E-state index in [4.69, 9.17) is 40.5 Å². The van der Waals surface area contributed by atoms with E-state index in [-0.39, 0.29) is 15.7 Å². The fourth-order valence-corrected chi connectivity index (χ4v) is 2.73. The molecule has 106 valence electrons. The third kappa shape index (κ3) is 3.09. The minimum absolute atomic E-state index is 0.146. The maximum absolute atomic E-state index is 12.1. The molecule has 0 aliphatic carbocycles. The SMILES string of the molecule is CNc1nc(N)c(C(=O)Nc2cc(Cl)c(Cl)cc2Cl)s1. The summed E-state index contributed by atoms with van der Waals surface area (Å²) in [6, 6.07) is 2.93. The molecule has 0 saturated heterocycles. The summed E-state index contributed by atoms with van der Waals surface area (Å²) in [6.07, 6.45) is 0. The van der Waals surface area contributed by atoms with Crippen molar-refractivity contribution in [1.82, 2.24) is 4.98 Å². The van der Waals surface area contributed by atoms with Gasteiger partial charge in [0.2, 0.25) is 0 Å². The van der Waals surface area contributed by atoms with E-state index in [1.807, 2.05) is 0 Å². The molecule has 0 saturated carbocycles. The Hall–Kier alpha value is -1.21. The number of hydrogen-bond acceptors (Lipinski definition) is 5. The quantitative estimate of drug-likeness (QED) is 0.731. The highest BCUT2D eigenvalue weighted by molar-refractivity contribution is 7.18. The van der Waals surface area contributed by atoms with Crippen molar-refractivity contribution in [3.05, 3.63) is 32.1 Å². The highest BCUT2D eigenvalue weighted by Gasteiger charge is 2.17. The average Bonchev–Trinajstić information content (AvgIpc) is 2.77. The summed E-state index contributed by atoms with van der Waals surface area (Å²) in [5.74, 6) is -0.269. The van der Waals surface area contributed by atoms with Crippen LogP contribution in [0.2, 0.25) is 15.1 Å². The zero-order valence-corrected chi connectivity index (χ0v) is 13.2. The van der Waals surface area contributed by atoms with Crippen molar-refractivity contribution in [2.45, 2.75) is 0 Å². The van der Waals surface area contributed by atoms with Gasteiger partial charge >= 0.3 is 0 Å². The molecule has 0 fully saturated rings. The fraction of sp³-hybridized carbons (Fsp3) is 0.0909. The van der Waals surface area contributed by atoms with Crippen molar-refractivity contribution < 1.29 is 4.79 Å². The number of nitrogens with two attached hydrogens (primary N) is 1. The number of thiazole rings is 1. The average molecular weight is 352 g/mol. The molecule has 1 aromatic heterocycles. The number of hydrogen-bond donors (Lipinski definition) is 3. The minimum atomic E-state index is -0.415. The molecule has 0 aliphatic rings. The van der Waals surface area contributed by atoms with Crippen LogP contribution in [0.5, 0.6) is 0 Å². The number of benzene rings is 1. The second-order valence-electron chi connectivity index (χ2n) is 3.68. The molecule has 0 unspecified atom stereocenters. The number of nitrogens with one attached hydrogen (secondary N) is 2. The van der Waals surface area contributed by atoms with Crippen LogP contribution >= 0.6 is 46.1 Å². The van der Waals surface area contributed by atoms with E-state index in [0.717, 1.165) is 11.3 Å². The molecule has 0 atom stereocenters. The maximum atomic E-state index is 12.1. The number of halogens is 3. The maximum Gasteiger partial charge on any atom is 0.269 e. The molecule has 2 aromatic rings. The van der Waals surface area contributed by atoms with Gasteiger partial charge in [-0.1, -0.05) is 46.1 Å². The topological polar surface area (TPSA) is 80.0 Å². The van der Waals surface area contributed by atoms with Gasteiger partial charge in [-0.2, -0.15) is 0 Å². The Morgan fingerprint density at radius 3 is 2.50 bits per heavy atom. The molecule has 1 amide bonds. The van der Waals surface area contributed by atoms with Gasteiger partial charge in [0, 0.05) is 7.05 Å². The summed E-state index contributed by atoms with van der Waals surface area (Å²) in [5.41, 5.74) is 6.03. The van der Waals surface area contributed by atoms with Crippen LogP contribution in [0.3, 0.4) is 0 Å². The largest absolute Gasteiger partial charge is 0.382 e. The zero-order chi connectivity index (χ0) is 14.9. The lowest BCUT2D eigenvalue weighted by atomic mass is 10.3. The van der Waals surface area contributed by atoms with Crippen LogP contribution in [-0.2, 0) is 0 Å². The summed E-state index contributed by atoms with van der Waals surface area (Å²) in [4.78, 5) is 16.4. The second-order valence-corrected chi connectivity index (χ2v) is 5.90. The van der Waals surface area contributed by atoms with Gasteiger partial charge in [-0.15, -0.1) is 0 Å². The van der Waals surface area contributed by atoms with Gasteiger partial charge in [-0.3, -0.25) is 4.79 Å². The summed E-state index contributed by atoms with van der Waals surface area (Å²) < 4.78 is 0. The van der Waals surface area contributed by atoms with E-state index in [1.54, 1.807) is 7.05 Å². The highest BCUT2D eigenvalue weighted by Crippen LogP contribution is 2.33. The number of carbonyl (C=O) groups is 1. The molecule has 4 N–H and O–H groups in total. The molecule has 20 heavy (non-hydrogen) atoms. The van der Waals surface area contributed by atoms with E-state index >= 15 is 0 Å². The lowest BCUT2D eigenvalue weighted by Gasteiger charge is -2.07. The normalized spacial score (nSPS) is 10.4. The molecule has 2 rings (SSSR count). The Balaban J connectivity index is 2.27. The van der Waals surface area contributed by atoms with Gasteiger partial charge in [0.1, 0.15) is 10.7 Å². The lowest BCUT2D eigenvalue weighted by Crippen LogP contribution is -2.12. The predicted molar refractivity (Wildman–Crippen MR) is 85.5 cm³/mol. The lowest BCUT2D eigenvalue weighted by molar-refractivity contribution is 0.103. The number of anilines is 3. The second kappa shape index (κ2) is 6.05. The number of rotatable bonds is 3. The number of amides is 1. The van der Waals surface area contributed by atoms with Crippen molar-refractivity contribution in [3.8, 4) is 0 Å². The van der Waals surface area contributed by atoms with Crippen LogP contribution in [0.4, 0.5) is 16.6 Å². The van der Waals surface area contributed by atoms with E-state index in [2.05, 4.69) is 15.6 Å². The first-order valence-electron chi connectivity index (χ1n) is 5.32. The first-order valence-corrected chi connectivity index (χ1v) is 7.27. The van der Waals surface area contributed by atoms with Gasteiger partial charge < -0.3 is 16.4 Å². The first-order chi connectivity index (χ1) is 9.42. The van der Waals surface area contributed by atoms with E-state index < -0.39 is 5.91 Å². The zero-order valence-electron chi connectivity index (χ0n) is 10.1. The first kappa shape index (κ1) is 15.2. The van der Waals surface area contributed by atoms with Crippen molar-refractivity contribution >= 4 is 68.7 Å². The minimum Gasteiger partial charge on any atom is -0.382 e. The Bertz CT molecular complexity index is 674. The van der Waals surface area contributed by atoms with Crippen LogP contribution in [0.15, 0.2) is 12.1 Å². The molecule has 9 heteroatoms. The monoisotopic (exact) mass is 350 g/mol. The Labute approximate surface area is 134 Å². The van der Waals surface area contributed by atoms with Gasteiger partial charge in [-0.05, 0) is 12.1 Å². The van der Waals surface area contributed by atoms with Gasteiger partial charge in [0.15, 0.2) is 5.13 Å². The molecule has 1 heterocycles.